The zero-order valence-electron chi connectivity index (χ0n) is 21.1. The van der Waals surface area contributed by atoms with Crippen molar-refractivity contribution >= 4 is 17.2 Å². The molecule has 1 aromatic heterocycles. The minimum absolute atomic E-state index is 0.0411. The molecule has 1 aliphatic rings. The zero-order chi connectivity index (χ0) is 26.5. The van der Waals surface area contributed by atoms with Crippen LogP contribution in [0.1, 0.15) is 24.7 Å². The Balaban J connectivity index is 1.56. The quantitative estimate of drug-likeness (QED) is 0.193. The van der Waals surface area contributed by atoms with Crippen LogP contribution in [0.15, 0.2) is 72.9 Å². The number of nitrogen functional groups attached to an aromatic ring is 1. The van der Waals surface area contributed by atoms with Gasteiger partial charge in [-0.25, -0.2) is 9.37 Å². The van der Waals surface area contributed by atoms with Gasteiger partial charge in [0.25, 0.3) is 0 Å². The van der Waals surface area contributed by atoms with Crippen molar-refractivity contribution in [2.24, 2.45) is 5.73 Å². The first-order valence-corrected chi connectivity index (χ1v) is 12.5. The summed E-state index contributed by atoms with van der Waals surface area (Å²) in [5.74, 6) is 0.697. The molecule has 1 atom stereocenters. The highest BCUT2D eigenvalue weighted by Crippen LogP contribution is 2.38. The van der Waals surface area contributed by atoms with E-state index >= 15 is 4.39 Å². The van der Waals surface area contributed by atoms with E-state index < -0.39 is 5.82 Å². The lowest BCUT2D eigenvalue weighted by Crippen LogP contribution is -2.21. The molecule has 0 saturated carbocycles. The second-order valence-electron chi connectivity index (χ2n) is 8.95. The molecule has 0 unspecified atom stereocenters. The maximum atomic E-state index is 16.1. The van der Waals surface area contributed by atoms with Crippen LogP contribution in [0.3, 0.4) is 0 Å². The topological polar surface area (TPSA) is 109 Å². The van der Waals surface area contributed by atoms with Crippen LogP contribution in [0, 0.1) is 11.2 Å². The van der Waals surface area contributed by atoms with E-state index in [1.165, 1.54) is 0 Å². The van der Waals surface area contributed by atoms with Gasteiger partial charge in [-0.3, -0.25) is 5.41 Å². The van der Waals surface area contributed by atoms with Gasteiger partial charge in [-0.1, -0.05) is 30.3 Å². The third kappa shape index (κ3) is 5.63. The van der Waals surface area contributed by atoms with Crippen molar-refractivity contribution in [3.05, 3.63) is 90.1 Å². The van der Waals surface area contributed by atoms with E-state index in [-0.39, 0.29) is 29.9 Å². The summed E-state index contributed by atoms with van der Waals surface area (Å²) in [5, 5.41) is 7.73. The van der Waals surface area contributed by atoms with Crippen LogP contribution in [0.2, 0.25) is 0 Å². The Morgan fingerprint density at radius 3 is 2.66 bits per heavy atom. The molecule has 9 heteroatoms. The number of rotatable bonds is 10. The lowest BCUT2D eigenvalue weighted by atomic mass is 10.1. The predicted octanol–water partition coefficient (Wildman–Crippen LogP) is 5.40. The standard InChI is InChI=1S/C29H30FN5O3/c1-2-37-23-14-25(28(30)26(15-23)38-22-12-13-36-18-22)35(21-10-8-20(9-11-21)29(31)32)17-27-33-16-24(34-27)19-6-4-3-5-7-19/h3-11,14-16,22H,2,12-13,17-18H2,1H3,(H3,31,32)(H,33,34)/t22-/m1/s1. The highest BCUT2D eigenvalue weighted by atomic mass is 19.1. The van der Waals surface area contributed by atoms with Crippen molar-refractivity contribution < 1.29 is 18.6 Å². The fourth-order valence-corrected chi connectivity index (χ4v) is 4.37. The first kappa shape index (κ1) is 25.3. The van der Waals surface area contributed by atoms with Gasteiger partial charge in [-0.15, -0.1) is 0 Å². The molecular weight excluding hydrogens is 485 g/mol. The van der Waals surface area contributed by atoms with Gasteiger partial charge in [0.05, 0.1) is 43.9 Å². The van der Waals surface area contributed by atoms with Crippen LogP contribution in [0.4, 0.5) is 15.8 Å². The van der Waals surface area contributed by atoms with Crippen LogP contribution < -0.4 is 20.1 Å². The van der Waals surface area contributed by atoms with E-state index in [1.807, 2.05) is 37.3 Å². The number of nitrogens with one attached hydrogen (secondary N) is 2. The first-order chi connectivity index (χ1) is 18.5. The first-order valence-electron chi connectivity index (χ1n) is 12.5. The predicted molar refractivity (Wildman–Crippen MR) is 145 cm³/mol. The summed E-state index contributed by atoms with van der Waals surface area (Å²) in [6, 6.07) is 20.2. The highest BCUT2D eigenvalue weighted by molar-refractivity contribution is 5.95. The number of hydrogen-bond donors (Lipinski definition) is 3. The molecule has 3 aromatic carbocycles. The van der Waals surface area contributed by atoms with Gasteiger partial charge in [0, 0.05) is 29.8 Å². The summed E-state index contributed by atoms with van der Waals surface area (Å²) in [7, 11) is 0. The molecule has 196 valence electrons. The van der Waals surface area contributed by atoms with E-state index in [0.29, 0.717) is 49.1 Å². The Labute approximate surface area is 220 Å². The fraction of sp³-hybridized carbons (Fsp3) is 0.241. The lowest BCUT2D eigenvalue weighted by Gasteiger charge is -2.27. The molecular formula is C29H30FN5O3. The van der Waals surface area contributed by atoms with E-state index in [4.69, 9.17) is 25.4 Å². The van der Waals surface area contributed by atoms with Crippen molar-refractivity contribution in [2.75, 3.05) is 24.7 Å². The average molecular weight is 516 g/mol. The second kappa shape index (κ2) is 11.4. The van der Waals surface area contributed by atoms with Gasteiger partial charge >= 0.3 is 0 Å². The van der Waals surface area contributed by atoms with E-state index in [1.54, 1.807) is 47.5 Å². The zero-order valence-corrected chi connectivity index (χ0v) is 21.1. The summed E-state index contributed by atoms with van der Waals surface area (Å²) in [5.41, 5.74) is 9.07. The largest absolute Gasteiger partial charge is 0.494 e. The third-order valence-corrected chi connectivity index (χ3v) is 6.29. The molecule has 8 nitrogen and oxygen atoms in total. The molecule has 0 amide bonds. The van der Waals surface area contributed by atoms with E-state index in [2.05, 4.69) is 9.97 Å². The maximum absolute atomic E-state index is 16.1. The van der Waals surface area contributed by atoms with E-state index in [0.717, 1.165) is 11.3 Å². The number of nitrogens with two attached hydrogens (primary N) is 1. The second-order valence-corrected chi connectivity index (χ2v) is 8.95. The van der Waals surface area contributed by atoms with Crippen molar-refractivity contribution in [3.63, 3.8) is 0 Å². The van der Waals surface area contributed by atoms with Crippen LogP contribution in [-0.4, -0.2) is 41.7 Å². The van der Waals surface area contributed by atoms with Gasteiger partial charge in [-0.2, -0.15) is 0 Å². The number of aromatic amines is 1. The number of ether oxygens (including phenoxy) is 3. The molecule has 1 saturated heterocycles. The smallest absolute Gasteiger partial charge is 0.188 e. The minimum atomic E-state index is -0.508. The Hall–Kier alpha value is -4.37. The van der Waals surface area contributed by atoms with Crippen molar-refractivity contribution in [1.29, 1.82) is 5.41 Å². The van der Waals surface area contributed by atoms with Gasteiger partial charge in [0.1, 0.15) is 23.5 Å². The number of aromatic nitrogens is 2. The Morgan fingerprint density at radius 1 is 1.18 bits per heavy atom. The van der Waals surface area contributed by atoms with Crippen LogP contribution in [0.5, 0.6) is 11.5 Å². The number of H-pyrrole nitrogens is 1. The Kier molecular flexibility index (Phi) is 7.55. The minimum Gasteiger partial charge on any atom is -0.494 e. The SMILES string of the molecule is CCOc1cc(O[C@@H]2CCOC2)c(F)c(N(Cc2ncc(-c3ccccc3)[nH]2)c2ccc(C(=N)N)cc2)c1. The van der Waals surface area contributed by atoms with Crippen molar-refractivity contribution in [1.82, 2.24) is 9.97 Å². The molecule has 2 heterocycles. The number of amidine groups is 1. The highest BCUT2D eigenvalue weighted by Gasteiger charge is 2.25. The summed E-state index contributed by atoms with van der Waals surface area (Å²) in [6.45, 7) is 3.54. The van der Waals surface area contributed by atoms with Crippen molar-refractivity contribution in [2.45, 2.75) is 26.0 Å². The summed E-state index contributed by atoms with van der Waals surface area (Å²) >= 11 is 0. The van der Waals surface area contributed by atoms with Crippen LogP contribution >= 0.6 is 0 Å². The molecule has 0 bridgehead atoms. The van der Waals surface area contributed by atoms with Gasteiger partial charge in [0.15, 0.2) is 11.6 Å². The summed E-state index contributed by atoms with van der Waals surface area (Å²) < 4.78 is 33.3. The number of benzene rings is 3. The summed E-state index contributed by atoms with van der Waals surface area (Å²) in [4.78, 5) is 9.72. The number of halogens is 1. The molecule has 0 radical (unpaired) electrons. The molecule has 1 fully saturated rings. The average Bonchev–Trinajstić information content (AvgIpc) is 3.62. The van der Waals surface area contributed by atoms with Gasteiger partial charge in [0.2, 0.25) is 0 Å². The van der Waals surface area contributed by atoms with Gasteiger partial charge in [-0.05, 0) is 36.8 Å². The van der Waals surface area contributed by atoms with Gasteiger partial charge < -0.3 is 29.8 Å². The third-order valence-electron chi connectivity index (χ3n) is 6.29. The van der Waals surface area contributed by atoms with E-state index in [9.17, 15) is 0 Å². The van der Waals surface area contributed by atoms with Crippen LogP contribution in [0.25, 0.3) is 11.3 Å². The van der Waals surface area contributed by atoms with Crippen LogP contribution in [-0.2, 0) is 11.3 Å². The van der Waals surface area contributed by atoms with Crippen molar-refractivity contribution in [3.8, 4) is 22.8 Å². The maximum Gasteiger partial charge on any atom is 0.188 e. The Bertz CT molecular complexity index is 1390. The fourth-order valence-electron chi connectivity index (χ4n) is 4.37. The number of imidazole rings is 1. The molecule has 0 spiro atoms. The Morgan fingerprint density at radius 2 is 1.97 bits per heavy atom. The normalized spacial score (nSPS) is 14.8. The molecule has 5 rings (SSSR count). The molecule has 0 aliphatic carbocycles. The lowest BCUT2D eigenvalue weighted by molar-refractivity contribution is 0.138. The molecule has 1 aliphatic heterocycles. The monoisotopic (exact) mass is 515 g/mol. The number of nitrogens with zero attached hydrogens (tertiary/aromatic N) is 2. The number of anilines is 2. The summed E-state index contributed by atoms with van der Waals surface area (Å²) in [6.07, 6.45) is 2.23. The molecule has 38 heavy (non-hydrogen) atoms. The molecule has 4 N–H and O–H groups in total. The number of hydrogen-bond acceptors (Lipinski definition) is 6. The molecule has 4 aromatic rings.